The summed E-state index contributed by atoms with van der Waals surface area (Å²) in [6.45, 7) is -2.39. The highest BCUT2D eigenvalue weighted by Gasteiger charge is 2.04. The molecule has 1 N–H and O–H groups in total. The number of aromatic nitrogens is 1. The third kappa shape index (κ3) is 3.44. The molecule has 4 nitrogen and oxygen atoms in total. The van der Waals surface area contributed by atoms with Crippen LogP contribution < -0.4 is 10.1 Å². The highest BCUT2D eigenvalue weighted by molar-refractivity contribution is 5.48. The number of oxazole rings is 1. The minimum Gasteiger partial charge on any atom is -0.447 e. The average molecular weight is 240 g/mol. The lowest BCUT2D eigenvalue weighted by atomic mass is 10.3. The number of nitrogens with one attached hydrogen (secondary N) is 1. The number of anilines is 1. The molecule has 0 spiro atoms. The Morgan fingerprint density at radius 1 is 1.41 bits per heavy atom. The monoisotopic (exact) mass is 240 g/mol. The predicted molar refractivity (Wildman–Crippen MR) is 56.9 cm³/mol. The first-order valence-corrected chi connectivity index (χ1v) is 4.90. The maximum Gasteiger partial charge on any atom is 0.387 e. The zero-order chi connectivity index (χ0) is 12.1. The van der Waals surface area contributed by atoms with Gasteiger partial charge in [0.1, 0.15) is 11.5 Å². The smallest absolute Gasteiger partial charge is 0.387 e. The lowest BCUT2D eigenvalue weighted by Gasteiger charge is -2.07. The Morgan fingerprint density at radius 3 is 3.00 bits per heavy atom. The van der Waals surface area contributed by atoms with Crippen molar-refractivity contribution in [2.75, 3.05) is 5.32 Å². The summed E-state index contributed by atoms with van der Waals surface area (Å²) in [5.74, 6) is 0.771. The third-order valence-corrected chi connectivity index (χ3v) is 2.01. The number of nitrogens with zero attached hydrogens (tertiary/aromatic N) is 1. The van der Waals surface area contributed by atoms with Gasteiger partial charge in [0.25, 0.3) is 0 Å². The van der Waals surface area contributed by atoms with Crippen LogP contribution in [0, 0.1) is 0 Å². The Bertz CT molecular complexity index is 460. The molecule has 17 heavy (non-hydrogen) atoms. The van der Waals surface area contributed by atoms with Gasteiger partial charge >= 0.3 is 6.61 Å². The average Bonchev–Trinajstić information content (AvgIpc) is 2.79. The minimum absolute atomic E-state index is 0.113. The Kier molecular flexibility index (Phi) is 3.54. The number of ether oxygens (including phenoxy) is 1. The van der Waals surface area contributed by atoms with Gasteiger partial charge in [0.05, 0.1) is 12.7 Å². The van der Waals surface area contributed by atoms with E-state index in [2.05, 4.69) is 15.0 Å². The third-order valence-electron chi connectivity index (χ3n) is 2.01. The molecule has 0 saturated carbocycles. The van der Waals surface area contributed by atoms with E-state index in [9.17, 15) is 8.78 Å². The maximum absolute atomic E-state index is 12.0. The molecule has 2 rings (SSSR count). The SMILES string of the molecule is FC(F)Oc1cccc(NCc2cnco2)c1. The fraction of sp³-hybridized carbons (Fsp3) is 0.182. The van der Waals surface area contributed by atoms with Gasteiger partial charge in [0.15, 0.2) is 6.39 Å². The lowest BCUT2D eigenvalue weighted by molar-refractivity contribution is -0.0498. The van der Waals surface area contributed by atoms with Crippen LogP contribution in [0.1, 0.15) is 5.76 Å². The van der Waals surface area contributed by atoms with Crippen LogP contribution in [0.4, 0.5) is 14.5 Å². The van der Waals surface area contributed by atoms with Crippen LogP contribution in [0.5, 0.6) is 5.75 Å². The highest BCUT2D eigenvalue weighted by Crippen LogP contribution is 2.19. The van der Waals surface area contributed by atoms with Crippen LogP contribution in [0.2, 0.25) is 0 Å². The molecule has 2 aromatic rings. The summed E-state index contributed by atoms with van der Waals surface area (Å²) in [6, 6.07) is 6.32. The molecule has 1 aromatic carbocycles. The van der Waals surface area contributed by atoms with E-state index in [0.717, 1.165) is 0 Å². The van der Waals surface area contributed by atoms with E-state index >= 15 is 0 Å². The molecule has 0 radical (unpaired) electrons. The summed E-state index contributed by atoms with van der Waals surface area (Å²) < 4.78 is 33.3. The van der Waals surface area contributed by atoms with Crippen molar-refractivity contribution >= 4 is 5.69 Å². The van der Waals surface area contributed by atoms with Crippen molar-refractivity contribution < 1.29 is 17.9 Å². The van der Waals surface area contributed by atoms with Gasteiger partial charge in [-0.3, -0.25) is 0 Å². The van der Waals surface area contributed by atoms with Gasteiger partial charge < -0.3 is 14.5 Å². The number of rotatable bonds is 5. The maximum atomic E-state index is 12.0. The van der Waals surface area contributed by atoms with E-state index in [1.807, 2.05) is 0 Å². The van der Waals surface area contributed by atoms with Crippen molar-refractivity contribution in [1.29, 1.82) is 0 Å². The first kappa shape index (κ1) is 11.4. The number of benzene rings is 1. The quantitative estimate of drug-likeness (QED) is 0.872. The standard InChI is InChI=1S/C11H10F2N2O2/c12-11(13)17-9-3-1-2-8(4-9)15-6-10-5-14-7-16-10/h1-5,7,11,15H,6H2. The summed E-state index contributed by atoms with van der Waals surface area (Å²) in [5.41, 5.74) is 0.666. The number of halogens is 2. The van der Waals surface area contributed by atoms with Crippen molar-refractivity contribution in [2.45, 2.75) is 13.2 Å². The first-order chi connectivity index (χ1) is 8.24. The number of hydrogen-bond donors (Lipinski definition) is 1. The largest absolute Gasteiger partial charge is 0.447 e. The van der Waals surface area contributed by atoms with Gasteiger partial charge in [-0.2, -0.15) is 8.78 Å². The van der Waals surface area contributed by atoms with Crippen LogP contribution in [-0.2, 0) is 6.54 Å². The molecule has 1 aromatic heterocycles. The van der Waals surface area contributed by atoms with E-state index in [1.54, 1.807) is 18.3 Å². The minimum atomic E-state index is -2.82. The summed E-state index contributed by atoms with van der Waals surface area (Å²) >= 11 is 0. The molecule has 0 saturated heterocycles. The van der Waals surface area contributed by atoms with Crippen molar-refractivity contribution in [1.82, 2.24) is 4.98 Å². The second kappa shape index (κ2) is 5.29. The molecule has 0 aliphatic heterocycles. The van der Waals surface area contributed by atoms with Crippen molar-refractivity contribution in [3.63, 3.8) is 0 Å². The van der Waals surface area contributed by atoms with Gasteiger partial charge in [-0.15, -0.1) is 0 Å². The van der Waals surface area contributed by atoms with Gasteiger partial charge in [-0.25, -0.2) is 4.98 Å². The summed E-state index contributed by atoms with van der Waals surface area (Å²) in [6.07, 6.45) is 2.90. The van der Waals surface area contributed by atoms with E-state index in [1.165, 1.54) is 18.5 Å². The van der Waals surface area contributed by atoms with E-state index in [-0.39, 0.29) is 5.75 Å². The molecule has 0 bridgehead atoms. The number of alkyl halides is 2. The van der Waals surface area contributed by atoms with E-state index < -0.39 is 6.61 Å². The summed E-state index contributed by atoms with van der Waals surface area (Å²) in [7, 11) is 0. The number of hydrogen-bond acceptors (Lipinski definition) is 4. The van der Waals surface area contributed by atoms with Crippen LogP contribution >= 0.6 is 0 Å². The molecule has 0 atom stereocenters. The Balaban J connectivity index is 1.96. The van der Waals surface area contributed by atoms with Gasteiger partial charge in [-0.05, 0) is 12.1 Å². The normalized spacial score (nSPS) is 10.5. The second-order valence-electron chi connectivity index (χ2n) is 3.23. The molecule has 0 aliphatic rings. The molecule has 0 aliphatic carbocycles. The zero-order valence-corrected chi connectivity index (χ0v) is 8.77. The highest BCUT2D eigenvalue weighted by atomic mass is 19.3. The van der Waals surface area contributed by atoms with Gasteiger partial charge in [-0.1, -0.05) is 6.07 Å². The zero-order valence-electron chi connectivity index (χ0n) is 8.77. The Hall–Kier alpha value is -2.11. The van der Waals surface area contributed by atoms with E-state index in [4.69, 9.17) is 4.42 Å². The molecule has 6 heteroatoms. The van der Waals surface area contributed by atoms with Crippen molar-refractivity contribution in [2.24, 2.45) is 0 Å². The molecule has 0 fully saturated rings. The van der Waals surface area contributed by atoms with E-state index in [0.29, 0.717) is 18.0 Å². The fourth-order valence-electron chi connectivity index (χ4n) is 1.30. The molecule has 90 valence electrons. The molecule has 0 unspecified atom stereocenters. The van der Waals surface area contributed by atoms with Crippen molar-refractivity contribution in [3.8, 4) is 5.75 Å². The van der Waals surface area contributed by atoms with Crippen LogP contribution in [0.3, 0.4) is 0 Å². The predicted octanol–water partition coefficient (Wildman–Crippen LogP) is 2.89. The van der Waals surface area contributed by atoms with Crippen molar-refractivity contribution in [3.05, 3.63) is 42.6 Å². The lowest BCUT2D eigenvalue weighted by Crippen LogP contribution is -2.03. The molecular formula is C11H10F2N2O2. The first-order valence-electron chi connectivity index (χ1n) is 4.90. The van der Waals surface area contributed by atoms with Gasteiger partial charge in [0.2, 0.25) is 0 Å². The molecular weight excluding hydrogens is 230 g/mol. The Morgan fingerprint density at radius 2 is 2.29 bits per heavy atom. The Labute approximate surface area is 96.2 Å². The fourth-order valence-corrected chi connectivity index (χ4v) is 1.30. The topological polar surface area (TPSA) is 47.3 Å². The van der Waals surface area contributed by atoms with Crippen LogP contribution in [-0.4, -0.2) is 11.6 Å². The second-order valence-corrected chi connectivity index (χ2v) is 3.23. The molecule has 1 heterocycles. The van der Waals surface area contributed by atoms with Gasteiger partial charge in [0, 0.05) is 11.8 Å². The van der Waals surface area contributed by atoms with Crippen LogP contribution in [0.25, 0.3) is 0 Å². The summed E-state index contributed by atoms with van der Waals surface area (Å²) in [4.78, 5) is 3.76. The summed E-state index contributed by atoms with van der Waals surface area (Å²) in [5, 5.41) is 3.00. The molecule has 0 amide bonds. The van der Waals surface area contributed by atoms with Crippen LogP contribution in [0.15, 0.2) is 41.3 Å².